The highest BCUT2D eigenvalue weighted by Gasteiger charge is 2.18. The number of methoxy groups -OCH3 is 1. The fraction of sp³-hybridized carbons (Fsp3) is 0.500. The Balaban J connectivity index is 1.87. The number of hydrogen-bond donors (Lipinski definition) is 1. The van der Waals surface area contributed by atoms with Crippen LogP contribution in [0.2, 0.25) is 0 Å². The second kappa shape index (κ2) is 6.72. The lowest BCUT2D eigenvalue weighted by atomic mass is 10.0. The molecule has 0 saturated carbocycles. The van der Waals surface area contributed by atoms with E-state index in [1.807, 2.05) is 19.1 Å². The third-order valence-electron chi connectivity index (χ3n) is 4.66. The number of nitrogens with one attached hydrogen (secondary N) is 1. The van der Waals surface area contributed by atoms with E-state index in [1.165, 1.54) is 0 Å². The molecule has 0 aliphatic carbocycles. The predicted molar refractivity (Wildman–Crippen MR) is 90.8 cm³/mol. The van der Waals surface area contributed by atoms with Crippen LogP contribution in [-0.4, -0.2) is 43.2 Å². The predicted octanol–water partition coefficient (Wildman–Crippen LogP) is 2.68. The van der Waals surface area contributed by atoms with E-state index >= 15 is 0 Å². The number of aryl methyl sites for hydroxylation is 1. The van der Waals surface area contributed by atoms with Crippen molar-refractivity contribution >= 4 is 0 Å². The molecule has 0 atom stereocenters. The summed E-state index contributed by atoms with van der Waals surface area (Å²) in [7, 11) is 1.70. The second-order valence-electron chi connectivity index (χ2n) is 6.11. The lowest BCUT2D eigenvalue weighted by Crippen LogP contribution is -2.43. The number of benzene rings is 1. The van der Waals surface area contributed by atoms with Gasteiger partial charge in [-0.15, -0.1) is 0 Å². The molecule has 1 aromatic carbocycles. The van der Waals surface area contributed by atoms with E-state index in [9.17, 15) is 0 Å². The Morgan fingerprint density at radius 1 is 1.17 bits per heavy atom. The molecular formula is C18H25N3O2. The molecule has 0 spiro atoms. The summed E-state index contributed by atoms with van der Waals surface area (Å²) >= 11 is 0. The monoisotopic (exact) mass is 315 g/mol. The average Bonchev–Trinajstić information content (AvgIpc) is 2.91. The van der Waals surface area contributed by atoms with Gasteiger partial charge in [-0.2, -0.15) is 0 Å². The molecule has 1 aliphatic heterocycles. The molecule has 1 aliphatic rings. The van der Waals surface area contributed by atoms with Crippen LogP contribution in [0.3, 0.4) is 0 Å². The fourth-order valence-corrected chi connectivity index (χ4v) is 3.02. The molecule has 124 valence electrons. The van der Waals surface area contributed by atoms with Crippen LogP contribution in [0.25, 0.3) is 11.5 Å². The van der Waals surface area contributed by atoms with Gasteiger partial charge in [0.15, 0.2) is 0 Å². The van der Waals surface area contributed by atoms with Crippen molar-refractivity contribution in [1.29, 1.82) is 0 Å². The number of aromatic nitrogens is 1. The van der Waals surface area contributed by atoms with Gasteiger partial charge in [-0.3, -0.25) is 4.90 Å². The van der Waals surface area contributed by atoms with Gasteiger partial charge in [0.1, 0.15) is 11.5 Å². The lowest BCUT2D eigenvalue weighted by molar-refractivity contribution is 0.230. The molecule has 0 radical (unpaired) electrons. The zero-order chi connectivity index (χ0) is 16.4. The van der Waals surface area contributed by atoms with Crippen LogP contribution >= 0.6 is 0 Å². The van der Waals surface area contributed by atoms with Crippen LogP contribution in [-0.2, 0) is 6.54 Å². The van der Waals surface area contributed by atoms with Crippen molar-refractivity contribution in [3.05, 3.63) is 34.7 Å². The third kappa shape index (κ3) is 3.26. The zero-order valence-electron chi connectivity index (χ0n) is 14.4. The first-order chi connectivity index (χ1) is 11.1. The van der Waals surface area contributed by atoms with E-state index in [1.54, 1.807) is 7.11 Å². The Morgan fingerprint density at radius 3 is 2.61 bits per heavy atom. The molecule has 2 heterocycles. The van der Waals surface area contributed by atoms with E-state index in [0.717, 1.165) is 66.6 Å². The van der Waals surface area contributed by atoms with Crippen molar-refractivity contribution in [2.45, 2.75) is 27.3 Å². The van der Waals surface area contributed by atoms with Crippen LogP contribution < -0.4 is 10.1 Å². The number of piperazine rings is 1. The molecule has 1 saturated heterocycles. The summed E-state index contributed by atoms with van der Waals surface area (Å²) in [5.41, 5.74) is 4.36. The molecular weight excluding hydrogens is 290 g/mol. The van der Waals surface area contributed by atoms with Crippen LogP contribution in [0.1, 0.15) is 22.6 Å². The van der Waals surface area contributed by atoms with Crippen molar-refractivity contribution in [2.24, 2.45) is 0 Å². The topological polar surface area (TPSA) is 50.5 Å². The van der Waals surface area contributed by atoms with Crippen molar-refractivity contribution in [2.75, 3.05) is 33.3 Å². The number of oxazole rings is 1. The Labute approximate surface area is 137 Å². The number of rotatable bonds is 4. The van der Waals surface area contributed by atoms with Gasteiger partial charge in [0.05, 0.1) is 12.8 Å². The summed E-state index contributed by atoms with van der Waals surface area (Å²) in [6.45, 7) is 11.2. The van der Waals surface area contributed by atoms with E-state index in [0.29, 0.717) is 5.89 Å². The van der Waals surface area contributed by atoms with Gasteiger partial charge in [0, 0.05) is 38.3 Å². The van der Waals surface area contributed by atoms with Crippen molar-refractivity contribution in [3.63, 3.8) is 0 Å². The highest BCUT2D eigenvalue weighted by Crippen LogP contribution is 2.31. The Bertz CT molecular complexity index is 688. The summed E-state index contributed by atoms with van der Waals surface area (Å²) in [4.78, 5) is 7.18. The van der Waals surface area contributed by atoms with Gasteiger partial charge in [0.2, 0.25) is 5.89 Å². The standard InChI is InChI=1S/C18H25N3O2/c1-12-13(2)17(22-4)6-5-15(12)18-20-16(14(3)23-18)11-21-9-7-19-8-10-21/h5-6,19H,7-11H2,1-4H3. The molecule has 23 heavy (non-hydrogen) atoms. The van der Waals surface area contributed by atoms with E-state index in [4.69, 9.17) is 14.1 Å². The molecule has 0 bridgehead atoms. The highest BCUT2D eigenvalue weighted by atomic mass is 16.5. The summed E-state index contributed by atoms with van der Waals surface area (Å²) in [5.74, 6) is 2.51. The molecule has 5 heteroatoms. The van der Waals surface area contributed by atoms with Crippen LogP contribution in [0.4, 0.5) is 0 Å². The smallest absolute Gasteiger partial charge is 0.226 e. The molecule has 0 unspecified atom stereocenters. The third-order valence-corrected chi connectivity index (χ3v) is 4.66. The quantitative estimate of drug-likeness (QED) is 0.940. The van der Waals surface area contributed by atoms with Gasteiger partial charge in [0.25, 0.3) is 0 Å². The fourth-order valence-electron chi connectivity index (χ4n) is 3.02. The Hall–Kier alpha value is -1.85. The summed E-state index contributed by atoms with van der Waals surface area (Å²) in [6, 6.07) is 4.01. The summed E-state index contributed by atoms with van der Waals surface area (Å²) < 4.78 is 11.3. The van der Waals surface area contributed by atoms with Gasteiger partial charge in [-0.25, -0.2) is 4.98 Å². The largest absolute Gasteiger partial charge is 0.496 e. The van der Waals surface area contributed by atoms with E-state index in [2.05, 4.69) is 24.1 Å². The maximum atomic E-state index is 5.96. The van der Waals surface area contributed by atoms with Crippen LogP contribution in [0.5, 0.6) is 5.75 Å². The highest BCUT2D eigenvalue weighted by molar-refractivity contribution is 5.63. The second-order valence-corrected chi connectivity index (χ2v) is 6.11. The van der Waals surface area contributed by atoms with Crippen molar-refractivity contribution < 1.29 is 9.15 Å². The Kier molecular flexibility index (Phi) is 4.68. The number of nitrogens with zero attached hydrogens (tertiary/aromatic N) is 2. The first-order valence-electron chi connectivity index (χ1n) is 8.14. The molecule has 1 fully saturated rings. The van der Waals surface area contributed by atoms with Crippen molar-refractivity contribution in [3.8, 4) is 17.2 Å². The van der Waals surface area contributed by atoms with Crippen LogP contribution in [0, 0.1) is 20.8 Å². The Morgan fingerprint density at radius 2 is 1.91 bits per heavy atom. The van der Waals surface area contributed by atoms with Gasteiger partial charge in [-0.1, -0.05) is 0 Å². The van der Waals surface area contributed by atoms with Crippen LogP contribution in [0.15, 0.2) is 16.5 Å². The molecule has 0 amide bonds. The van der Waals surface area contributed by atoms with Gasteiger partial charge in [-0.05, 0) is 44.0 Å². The first-order valence-corrected chi connectivity index (χ1v) is 8.14. The average molecular weight is 315 g/mol. The lowest BCUT2D eigenvalue weighted by Gasteiger charge is -2.26. The molecule has 1 N–H and O–H groups in total. The summed E-state index contributed by atoms with van der Waals surface area (Å²) in [5, 5.41) is 3.37. The van der Waals surface area contributed by atoms with Crippen molar-refractivity contribution in [1.82, 2.24) is 15.2 Å². The minimum absolute atomic E-state index is 0.705. The normalized spacial score (nSPS) is 15.8. The molecule has 1 aromatic heterocycles. The zero-order valence-corrected chi connectivity index (χ0v) is 14.4. The molecule has 3 rings (SSSR count). The minimum atomic E-state index is 0.705. The maximum absolute atomic E-state index is 5.96. The van der Waals surface area contributed by atoms with Gasteiger partial charge >= 0.3 is 0 Å². The number of ether oxygens (including phenoxy) is 1. The van der Waals surface area contributed by atoms with E-state index < -0.39 is 0 Å². The SMILES string of the molecule is COc1ccc(-c2nc(CN3CCNCC3)c(C)o2)c(C)c1C. The first kappa shape index (κ1) is 16.0. The minimum Gasteiger partial charge on any atom is -0.496 e. The van der Waals surface area contributed by atoms with E-state index in [-0.39, 0.29) is 0 Å². The number of hydrogen-bond acceptors (Lipinski definition) is 5. The molecule has 2 aromatic rings. The molecule has 5 nitrogen and oxygen atoms in total. The van der Waals surface area contributed by atoms with Gasteiger partial charge < -0.3 is 14.5 Å². The maximum Gasteiger partial charge on any atom is 0.226 e. The summed E-state index contributed by atoms with van der Waals surface area (Å²) in [6.07, 6.45) is 0.